The lowest BCUT2D eigenvalue weighted by Crippen LogP contribution is -2.53. The van der Waals surface area contributed by atoms with Gasteiger partial charge in [0.15, 0.2) is 5.11 Å². The van der Waals surface area contributed by atoms with Crippen LogP contribution in [0.1, 0.15) is 12.5 Å². The van der Waals surface area contributed by atoms with Gasteiger partial charge in [0.2, 0.25) is 0 Å². The third-order valence-electron chi connectivity index (χ3n) is 3.00. The number of carbonyl (C=O) groups excluding carboxylic acids is 2. The zero-order valence-corrected chi connectivity index (χ0v) is 13.0. The molecule has 0 atom stereocenters. The molecule has 0 radical (unpaired) electrons. The van der Waals surface area contributed by atoms with Crippen LogP contribution in [0.4, 0.5) is 0 Å². The smallest absolute Gasteiger partial charge is 0.265 e. The molecular weight excluding hydrogens is 300 g/mol. The van der Waals surface area contributed by atoms with Crippen LogP contribution in [-0.4, -0.2) is 35.0 Å². The molecule has 0 saturated carbocycles. The van der Waals surface area contributed by atoms with Gasteiger partial charge in [0.25, 0.3) is 11.8 Å². The number of ether oxygens (including phenoxy) is 1. The number of amides is 2. The minimum Gasteiger partial charge on any atom is -0.494 e. The number of rotatable bonds is 5. The molecule has 0 unspecified atom stereocenters. The normalized spacial score (nSPS) is 16.7. The summed E-state index contributed by atoms with van der Waals surface area (Å²) in [5, 5.41) is 2.60. The van der Waals surface area contributed by atoms with E-state index in [2.05, 4.69) is 11.9 Å². The molecule has 0 aliphatic carbocycles. The molecule has 114 valence electrons. The van der Waals surface area contributed by atoms with Gasteiger partial charge in [-0.3, -0.25) is 19.8 Å². The van der Waals surface area contributed by atoms with Gasteiger partial charge in [-0.1, -0.05) is 18.2 Å². The van der Waals surface area contributed by atoms with Crippen molar-refractivity contribution in [2.24, 2.45) is 0 Å². The Hall–Kier alpha value is -2.47. The molecule has 0 spiro atoms. The summed E-state index contributed by atoms with van der Waals surface area (Å²) in [5.41, 5.74) is 0.771. The Morgan fingerprint density at radius 1 is 1.32 bits per heavy atom. The van der Waals surface area contributed by atoms with Crippen LogP contribution in [0.15, 0.2) is 42.5 Å². The van der Waals surface area contributed by atoms with Gasteiger partial charge in [-0.05, 0) is 42.9 Å². The second kappa shape index (κ2) is 7.00. The summed E-state index contributed by atoms with van der Waals surface area (Å²) in [4.78, 5) is 25.6. The van der Waals surface area contributed by atoms with Gasteiger partial charge in [-0.15, -0.1) is 6.58 Å². The van der Waals surface area contributed by atoms with Crippen molar-refractivity contribution >= 4 is 35.2 Å². The van der Waals surface area contributed by atoms with E-state index in [4.69, 9.17) is 17.0 Å². The second-order valence-corrected chi connectivity index (χ2v) is 4.91. The number of nitrogens with one attached hydrogen (secondary N) is 1. The highest BCUT2D eigenvalue weighted by Gasteiger charge is 2.32. The molecule has 1 saturated heterocycles. The zero-order valence-electron chi connectivity index (χ0n) is 12.2. The topological polar surface area (TPSA) is 58.6 Å². The highest BCUT2D eigenvalue weighted by molar-refractivity contribution is 7.80. The molecule has 1 fully saturated rings. The van der Waals surface area contributed by atoms with Crippen LogP contribution >= 0.6 is 12.2 Å². The molecule has 1 aromatic carbocycles. The van der Waals surface area contributed by atoms with E-state index in [1.165, 1.54) is 11.0 Å². The average molecular weight is 316 g/mol. The molecule has 6 heteroatoms. The summed E-state index contributed by atoms with van der Waals surface area (Å²) in [7, 11) is 0. The van der Waals surface area contributed by atoms with Crippen molar-refractivity contribution in [1.82, 2.24) is 10.2 Å². The van der Waals surface area contributed by atoms with Gasteiger partial charge in [-0.2, -0.15) is 0 Å². The number of hydrogen-bond acceptors (Lipinski definition) is 4. The van der Waals surface area contributed by atoms with Crippen molar-refractivity contribution in [1.29, 1.82) is 0 Å². The zero-order chi connectivity index (χ0) is 16.1. The lowest BCUT2D eigenvalue weighted by molar-refractivity contribution is -0.128. The molecule has 2 amide bonds. The van der Waals surface area contributed by atoms with Crippen molar-refractivity contribution in [3.63, 3.8) is 0 Å². The monoisotopic (exact) mass is 316 g/mol. The largest absolute Gasteiger partial charge is 0.494 e. The van der Waals surface area contributed by atoms with E-state index < -0.39 is 11.8 Å². The third-order valence-corrected chi connectivity index (χ3v) is 3.32. The Balaban J connectivity index is 2.28. The molecule has 1 N–H and O–H groups in total. The van der Waals surface area contributed by atoms with Gasteiger partial charge < -0.3 is 4.74 Å². The molecule has 5 nitrogen and oxygen atoms in total. The maximum Gasteiger partial charge on any atom is 0.265 e. The first-order chi connectivity index (χ1) is 10.6. The Morgan fingerprint density at radius 3 is 2.59 bits per heavy atom. The van der Waals surface area contributed by atoms with Crippen molar-refractivity contribution < 1.29 is 14.3 Å². The van der Waals surface area contributed by atoms with Crippen LogP contribution in [0.5, 0.6) is 5.75 Å². The fraction of sp³-hybridized carbons (Fsp3) is 0.188. The van der Waals surface area contributed by atoms with Crippen LogP contribution in [0.2, 0.25) is 0 Å². The first-order valence-corrected chi connectivity index (χ1v) is 7.20. The van der Waals surface area contributed by atoms with E-state index in [1.807, 2.05) is 6.92 Å². The van der Waals surface area contributed by atoms with Gasteiger partial charge in [0, 0.05) is 6.54 Å². The quantitative estimate of drug-likeness (QED) is 0.390. The molecule has 1 aliphatic rings. The van der Waals surface area contributed by atoms with E-state index in [0.29, 0.717) is 6.61 Å². The maximum absolute atomic E-state index is 12.3. The van der Waals surface area contributed by atoms with Crippen LogP contribution < -0.4 is 10.1 Å². The molecule has 1 aromatic rings. The number of carbonyl (C=O) groups is 2. The summed E-state index contributed by atoms with van der Waals surface area (Å²) < 4.78 is 5.35. The van der Waals surface area contributed by atoms with Gasteiger partial charge in [0.1, 0.15) is 11.3 Å². The maximum atomic E-state index is 12.3. The fourth-order valence-electron chi connectivity index (χ4n) is 1.98. The third kappa shape index (κ3) is 3.40. The summed E-state index contributed by atoms with van der Waals surface area (Å²) in [6, 6.07) is 7.13. The Kier molecular flexibility index (Phi) is 5.06. The lowest BCUT2D eigenvalue weighted by Gasteiger charge is -2.27. The Labute approximate surface area is 134 Å². The Bertz CT molecular complexity index is 650. The summed E-state index contributed by atoms with van der Waals surface area (Å²) >= 11 is 4.99. The van der Waals surface area contributed by atoms with Crippen molar-refractivity contribution in [2.45, 2.75) is 6.92 Å². The number of benzene rings is 1. The van der Waals surface area contributed by atoms with Crippen LogP contribution in [0.3, 0.4) is 0 Å². The Morgan fingerprint density at radius 2 is 2.00 bits per heavy atom. The van der Waals surface area contributed by atoms with Crippen LogP contribution in [0, 0.1) is 0 Å². The molecule has 22 heavy (non-hydrogen) atoms. The first-order valence-electron chi connectivity index (χ1n) is 6.79. The summed E-state index contributed by atoms with van der Waals surface area (Å²) in [6.45, 7) is 6.31. The van der Waals surface area contributed by atoms with Crippen molar-refractivity contribution in [2.75, 3.05) is 13.2 Å². The molecule has 1 aliphatic heterocycles. The lowest BCUT2D eigenvalue weighted by atomic mass is 10.1. The number of thiocarbonyl (C=S) groups is 1. The van der Waals surface area contributed by atoms with Gasteiger partial charge >= 0.3 is 0 Å². The van der Waals surface area contributed by atoms with E-state index in [-0.39, 0.29) is 17.2 Å². The number of hydrogen-bond donors (Lipinski definition) is 1. The van der Waals surface area contributed by atoms with Crippen LogP contribution in [-0.2, 0) is 9.59 Å². The number of nitrogens with zero attached hydrogens (tertiary/aromatic N) is 1. The molecule has 0 aromatic heterocycles. The predicted molar refractivity (Wildman–Crippen MR) is 88.2 cm³/mol. The second-order valence-electron chi connectivity index (χ2n) is 4.52. The minimum atomic E-state index is -0.496. The highest BCUT2D eigenvalue weighted by atomic mass is 32.1. The highest BCUT2D eigenvalue weighted by Crippen LogP contribution is 2.17. The van der Waals surface area contributed by atoms with Gasteiger partial charge in [0.05, 0.1) is 6.61 Å². The summed E-state index contributed by atoms with van der Waals surface area (Å²) in [5.74, 6) is -0.190. The SMILES string of the molecule is C=CCN1C(=O)/C(=C/c2ccc(OCC)cc2)C(=O)NC1=S. The van der Waals surface area contributed by atoms with Crippen LogP contribution in [0.25, 0.3) is 6.08 Å². The van der Waals surface area contributed by atoms with Gasteiger partial charge in [-0.25, -0.2) is 0 Å². The minimum absolute atomic E-state index is 0.0413. The van der Waals surface area contributed by atoms with Crippen molar-refractivity contribution in [3.8, 4) is 5.75 Å². The molecular formula is C16H16N2O3S. The molecule has 0 bridgehead atoms. The predicted octanol–water partition coefficient (Wildman–Crippen LogP) is 1.90. The van der Waals surface area contributed by atoms with Crippen molar-refractivity contribution in [3.05, 3.63) is 48.1 Å². The fourth-order valence-corrected chi connectivity index (χ4v) is 2.23. The van der Waals surface area contributed by atoms with E-state index in [9.17, 15) is 9.59 Å². The molecule has 2 rings (SSSR count). The standard InChI is InChI=1S/C16H16N2O3S/c1-3-9-18-15(20)13(14(19)17-16(18)22)10-11-5-7-12(8-6-11)21-4-2/h3,5-8,10H,1,4,9H2,2H3,(H,17,19,22)/b13-10+. The van der Waals surface area contributed by atoms with E-state index >= 15 is 0 Å². The first kappa shape index (κ1) is 15.9. The summed E-state index contributed by atoms with van der Waals surface area (Å²) in [6.07, 6.45) is 3.08. The van der Waals surface area contributed by atoms with E-state index in [0.717, 1.165) is 11.3 Å². The average Bonchev–Trinajstić information content (AvgIpc) is 2.50. The van der Waals surface area contributed by atoms with E-state index in [1.54, 1.807) is 30.3 Å². The molecule has 1 heterocycles.